The van der Waals surface area contributed by atoms with Crippen LogP contribution in [-0.4, -0.2) is 47.6 Å². The molecule has 0 aliphatic carbocycles. The van der Waals surface area contributed by atoms with Crippen LogP contribution in [0.25, 0.3) is 0 Å². The van der Waals surface area contributed by atoms with Crippen LogP contribution in [0.2, 0.25) is 0 Å². The number of piperidine rings is 1. The first kappa shape index (κ1) is 15.8. The summed E-state index contributed by atoms with van der Waals surface area (Å²) in [6, 6.07) is 3.82. The number of aryl methyl sites for hydroxylation is 1. The summed E-state index contributed by atoms with van der Waals surface area (Å²) in [5, 5.41) is 10.5. The lowest BCUT2D eigenvalue weighted by atomic mass is 9.77. The Kier molecular flexibility index (Phi) is 4.37. The van der Waals surface area contributed by atoms with Crippen molar-refractivity contribution in [3.8, 4) is 5.75 Å². The molecule has 24 heavy (non-hydrogen) atoms. The van der Waals surface area contributed by atoms with Crippen molar-refractivity contribution in [1.29, 1.82) is 0 Å². The SMILES string of the molecule is Cc1nnc(N2CCC3(CC2)CO[C@H](COc2cccnc2)C3)s1. The molecule has 2 aliphatic heterocycles. The highest BCUT2D eigenvalue weighted by Crippen LogP contribution is 2.43. The molecule has 0 amide bonds. The molecular formula is C17H22N4O2S. The molecule has 2 aliphatic rings. The second-order valence-corrected chi connectivity index (χ2v) is 7.89. The van der Waals surface area contributed by atoms with Crippen LogP contribution < -0.4 is 9.64 Å². The molecule has 6 nitrogen and oxygen atoms in total. The normalized spacial score (nSPS) is 22.9. The third-order valence-corrected chi connectivity index (χ3v) is 5.87. The summed E-state index contributed by atoms with van der Waals surface area (Å²) in [4.78, 5) is 6.43. The van der Waals surface area contributed by atoms with Crippen molar-refractivity contribution in [3.63, 3.8) is 0 Å². The molecule has 7 heteroatoms. The minimum atomic E-state index is 0.181. The standard InChI is InChI=1S/C17H22N4O2S/c1-13-19-20-16(24-13)21-7-4-17(5-8-21)9-15(23-12-17)11-22-14-3-2-6-18-10-14/h2-3,6,10,15H,4-5,7-9,11-12H2,1H3/t15-/m0/s1. The number of nitrogens with zero attached hydrogens (tertiary/aromatic N) is 4. The average molecular weight is 346 g/mol. The maximum absolute atomic E-state index is 6.02. The summed E-state index contributed by atoms with van der Waals surface area (Å²) in [6.07, 6.45) is 7.05. The monoisotopic (exact) mass is 346 g/mol. The van der Waals surface area contributed by atoms with Crippen molar-refractivity contribution in [2.75, 3.05) is 31.2 Å². The predicted molar refractivity (Wildman–Crippen MR) is 92.6 cm³/mol. The van der Waals surface area contributed by atoms with E-state index in [0.717, 1.165) is 54.8 Å². The van der Waals surface area contributed by atoms with Crippen LogP contribution in [0.3, 0.4) is 0 Å². The van der Waals surface area contributed by atoms with Crippen LogP contribution >= 0.6 is 11.3 Å². The summed E-state index contributed by atoms with van der Waals surface area (Å²) in [7, 11) is 0. The zero-order chi connectivity index (χ0) is 16.4. The van der Waals surface area contributed by atoms with Gasteiger partial charge in [-0.25, -0.2) is 0 Å². The predicted octanol–water partition coefficient (Wildman–Crippen LogP) is 2.70. The van der Waals surface area contributed by atoms with Gasteiger partial charge in [0.1, 0.15) is 17.4 Å². The molecule has 2 saturated heterocycles. The lowest BCUT2D eigenvalue weighted by molar-refractivity contribution is 0.0577. The van der Waals surface area contributed by atoms with E-state index in [-0.39, 0.29) is 6.10 Å². The summed E-state index contributed by atoms with van der Waals surface area (Å²) in [6.45, 7) is 5.52. The van der Waals surface area contributed by atoms with E-state index in [1.54, 1.807) is 23.7 Å². The third kappa shape index (κ3) is 3.37. The topological polar surface area (TPSA) is 60.4 Å². The van der Waals surface area contributed by atoms with Gasteiger partial charge in [0.05, 0.1) is 18.9 Å². The van der Waals surface area contributed by atoms with Crippen molar-refractivity contribution in [2.45, 2.75) is 32.3 Å². The second kappa shape index (κ2) is 6.64. The van der Waals surface area contributed by atoms with E-state index in [9.17, 15) is 0 Å². The van der Waals surface area contributed by atoms with Crippen LogP contribution in [0.5, 0.6) is 5.75 Å². The molecule has 2 aromatic heterocycles. The molecule has 2 fully saturated rings. The quantitative estimate of drug-likeness (QED) is 0.848. The number of hydrogen-bond acceptors (Lipinski definition) is 7. The van der Waals surface area contributed by atoms with E-state index in [1.807, 2.05) is 19.1 Å². The Morgan fingerprint density at radius 2 is 2.25 bits per heavy atom. The van der Waals surface area contributed by atoms with Gasteiger partial charge in [-0.2, -0.15) is 0 Å². The second-order valence-electron chi connectivity index (χ2n) is 6.73. The van der Waals surface area contributed by atoms with Gasteiger partial charge in [-0.15, -0.1) is 10.2 Å². The number of ether oxygens (including phenoxy) is 2. The van der Waals surface area contributed by atoms with Gasteiger partial charge in [0.25, 0.3) is 0 Å². The van der Waals surface area contributed by atoms with E-state index in [0.29, 0.717) is 12.0 Å². The molecular weight excluding hydrogens is 324 g/mol. The molecule has 0 N–H and O–H groups in total. The Morgan fingerprint density at radius 3 is 2.96 bits per heavy atom. The number of pyridine rings is 1. The number of hydrogen-bond donors (Lipinski definition) is 0. The fourth-order valence-electron chi connectivity index (χ4n) is 3.56. The van der Waals surface area contributed by atoms with Crippen LogP contribution in [0.1, 0.15) is 24.3 Å². The number of aromatic nitrogens is 3. The highest BCUT2D eigenvalue weighted by atomic mass is 32.1. The van der Waals surface area contributed by atoms with E-state index in [1.165, 1.54) is 0 Å². The Labute approximate surface area is 145 Å². The Bertz CT molecular complexity index is 670. The maximum atomic E-state index is 6.02. The van der Waals surface area contributed by atoms with Gasteiger partial charge in [0.2, 0.25) is 5.13 Å². The van der Waals surface area contributed by atoms with Gasteiger partial charge in [-0.05, 0) is 43.7 Å². The van der Waals surface area contributed by atoms with Crippen molar-refractivity contribution in [3.05, 3.63) is 29.5 Å². The fraction of sp³-hybridized carbons (Fsp3) is 0.588. The summed E-state index contributed by atoms with van der Waals surface area (Å²) >= 11 is 1.68. The average Bonchev–Trinajstić information content (AvgIpc) is 3.22. The van der Waals surface area contributed by atoms with Crippen molar-refractivity contribution in [2.24, 2.45) is 5.41 Å². The smallest absolute Gasteiger partial charge is 0.208 e. The van der Waals surface area contributed by atoms with Gasteiger partial charge >= 0.3 is 0 Å². The zero-order valence-corrected chi connectivity index (χ0v) is 14.7. The van der Waals surface area contributed by atoms with E-state index in [2.05, 4.69) is 20.1 Å². The Balaban J connectivity index is 1.29. The molecule has 4 heterocycles. The van der Waals surface area contributed by atoms with Crippen molar-refractivity contribution < 1.29 is 9.47 Å². The van der Waals surface area contributed by atoms with Gasteiger partial charge in [0.15, 0.2) is 0 Å². The minimum Gasteiger partial charge on any atom is -0.489 e. The molecule has 0 bridgehead atoms. The third-order valence-electron chi connectivity index (χ3n) is 4.97. The van der Waals surface area contributed by atoms with E-state index < -0.39 is 0 Å². The lowest BCUT2D eigenvalue weighted by Gasteiger charge is -2.38. The first-order valence-corrected chi connectivity index (χ1v) is 9.24. The summed E-state index contributed by atoms with van der Waals surface area (Å²) in [5.41, 5.74) is 0.305. The van der Waals surface area contributed by atoms with Gasteiger partial charge in [-0.1, -0.05) is 11.3 Å². The number of rotatable bonds is 4. The molecule has 0 saturated carbocycles. The molecule has 0 unspecified atom stereocenters. The minimum absolute atomic E-state index is 0.181. The number of anilines is 1. The molecule has 0 radical (unpaired) electrons. The largest absolute Gasteiger partial charge is 0.489 e. The molecule has 128 valence electrons. The van der Waals surface area contributed by atoms with Crippen LogP contribution in [0, 0.1) is 12.3 Å². The molecule has 4 rings (SSSR count). The zero-order valence-electron chi connectivity index (χ0n) is 13.9. The van der Waals surface area contributed by atoms with Crippen LogP contribution in [0.15, 0.2) is 24.5 Å². The Hall–Kier alpha value is -1.73. The highest BCUT2D eigenvalue weighted by Gasteiger charge is 2.43. The van der Waals surface area contributed by atoms with Crippen molar-refractivity contribution in [1.82, 2.24) is 15.2 Å². The fourth-order valence-corrected chi connectivity index (χ4v) is 4.30. The van der Waals surface area contributed by atoms with Gasteiger partial charge < -0.3 is 14.4 Å². The first-order chi connectivity index (χ1) is 11.7. The molecule has 1 atom stereocenters. The van der Waals surface area contributed by atoms with Gasteiger partial charge in [-0.3, -0.25) is 4.98 Å². The molecule has 0 aromatic carbocycles. The van der Waals surface area contributed by atoms with E-state index >= 15 is 0 Å². The molecule has 2 aromatic rings. The first-order valence-electron chi connectivity index (χ1n) is 8.42. The highest BCUT2D eigenvalue weighted by molar-refractivity contribution is 7.15. The van der Waals surface area contributed by atoms with Crippen LogP contribution in [-0.2, 0) is 4.74 Å². The molecule has 1 spiro atoms. The van der Waals surface area contributed by atoms with Crippen molar-refractivity contribution >= 4 is 16.5 Å². The van der Waals surface area contributed by atoms with Crippen LogP contribution in [0.4, 0.5) is 5.13 Å². The summed E-state index contributed by atoms with van der Waals surface area (Å²) in [5.74, 6) is 0.809. The van der Waals surface area contributed by atoms with E-state index in [4.69, 9.17) is 9.47 Å². The Morgan fingerprint density at radius 1 is 1.38 bits per heavy atom. The maximum Gasteiger partial charge on any atom is 0.208 e. The van der Waals surface area contributed by atoms with Gasteiger partial charge in [0, 0.05) is 19.3 Å². The summed E-state index contributed by atoms with van der Waals surface area (Å²) < 4.78 is 11.8. The lowest BCUT2D eigenvalue weighted by Crippen LogP contribution is -2.40.